The molecule has 1 aromatic carbocycles. The van der Waals surface area contributed by atoms with E-state index in [0.717, 1.165) is 32.1 Å². The Morgan fingerprint density at radius 2 is 1.82 bits per heavy atom. The maximum absolute atomic E-state index is 12.8. The fourth-order valence-corrected chi connectivity index (χ4v) is 5.63. The van der Waals surface area contributed by atoms with E-state index in [1.165, 1.54) is 12.0 Å². The molecule has 0 radical (unpaired) electrons. The van der Waals surface area contributed by atoms with E-state index < -0.39 is 5.60 Å². The molecule has 2 N–H and O–H groups in total. The van der Waals surface area contributed by atoms with Gasteiger partial charge in [0.15, 0.2) is 0 Å². The van der Waals surface area contributed by atoms with E-state index in [9.17, 15) is 9.90 Å². The fraction of sp³-hybridized carbons (Fsp3) is 0.632. The van der Waals surface area contributed by atoms with E-state index in [1.807, 2.05) is 18.2 Å². The van der Waals surface area contributed by atoms with E-state index in [4.69, 9.17) is 0 Å². The van der Waals surface area contributed by atoms with Crippen molar-refractivity contribution in [2.24, 2.45) is 17.3 Å². The molecule has 1 aromatic rings. The van der Waals surface area contributed by atoms with Gasteiger partial charge < -0.3 is 10.4 Å². The van der Waals surface area contributed by atoms with Gasteiger partial charge >= 0.3 is 0 Å². The quantitative estimate of drug-likeness (QED) is 0.898. The summed E-state index contributed by atoms with van der Waals surface area (Å²) in [6.45, 7) is 0.693. The van der Waals surface area contributed by atoms with Gasteiger partial charge in [0.2, 0.25) is 5.91 Å². The van der Waals surface area contributed by atoms with Crippen molar-refractivity contribution >= 4 is 5.91 Å². The summed E-state index contributed by atoms with van der Waals surface area (Å²) in [6, 6.07) is 10.3. The second-order valence-corrected chi connectivity index (χ2v) is 7.96. The zero-order valence-electron chi connectivity index (χ0n) is 13.1. The van der Waals surface area contributed by atoms with Crippen LogP contribution in [0.15, 0.2) is 30.3 Å². The first-order valence-corrected chi connectivity index (χ1v) is 8.62. The standard InChI is InChI=1S/C19H25NO2/c21-17(20-7-6-14-4-2-1-3-5-14)18-9-15-8-16(10-18)12-19(22,11-15)13-18/h1-5,15-16,22H,6-13H2,(H,20,21). The number of carbonyl (C=O) groups excluding carboxylic acids is 1. The second-order valence-electron chi connectivity index (χ2n) is 7.96. The third kappa shape index (κ3) is 2.45. The molecule has 4 fully saturated rings. The third-order valence-corrected chi connectivity index (χ3v) is 6.05. The Labute approximate surface area is 132 Å². The molecule has 0 aliphatic heterocycles. The van der Waals surface area contributed by atoms with Gasteiger partial charge in [0, 0.05) is 6.54 Å². The highest BCUT2D eigenvalue weighted by Gasteiger charge is 2.59. The van der Waals surface area contributed by atoms with Crippen molar-refractivity contribution in [3.05, 3.63) is 35.9 Å². The number of hydrogen-bond donors (Lipinski definition) is 2. The molecule has 2 atom stereocenters. The molecule has 0 saturated heterocycles. The number of aliphatic hydroxyl groups is 1. The van der Waals surface area contributed by atoms with Crippen molar-refractivity contribution in [2.45, 2.75) is 50.5 Å². The monoisotopic (exact) mass is 299 g/mol. The smallest absolute Gasteiger partial charge is 0.226 e. The molecule has 2 unspecified atom stereocenters. The van der Waals surface area contributed by atoms with Crippen LogP contribution in [0.3, 0.4) is 0 Å². The Bertz CT molecular complexity index is 554. The lowest BCUT2D eigenvalue weighted by Crippen LogP contribution is -2.60. The molecular weight excluding hydrogens is 274 g/mol. The number of hydrogen-bond acceptors (Lipinski definition) is 2. The molecule has 1 amide bonds. The summed E-state index contributed by atoms with van der Waals surface area (Å²) < 4.78 is 0. The van der Waals surface area contributed by atoms with Crippen molar-refractivity contribution in [3.63, 3.8) is 0 Å². The Hall–Kier alpha value is -1.35. The lowest BCUT2D eigenvalue weighted by atomic mass is 9.47. The molecule has 4 aliphatic carbocycles. The zero-order chi connectivity index (χ0) is 15.2. The van der Waals surface area contributed by atoms with Crippen LogP contribution >= 0.6 is 0 Å². The van der Waals surface area contributed by atoms with E-state index >= 15 is 0 Å². The highest BCUT2D eigenvalue weighted by Crippen LogP contribution is 2.61. The summed E-state index contributed by atoms with van der Waals surface area (Å²) in [5, 5.41) is 13.9. The van der Waals surface area contributed by atoms with Crippen LogP contribution in [0.1, 0.15) is 44.1 Å². The molecule has 4 bridgehead atoms. The van der Waals surface area contributed by atoms with Gasteiger partial charge in [-0.3, -0.25) is 4.79 Å². The average Bonchev–Trinajstić information content (AvgIpc) is 2.45. The van der Waals surface area contributed by atoms with Crippen LogP contribution in [-0.4, -0.2) is 23.2 Å². The number of rotatable bonds is 4. The van der Waals surface area contributed by atoms with Gasteiger partial charge in [0.1, 0.15) is 0 Å². The maximum Gasteiger partial charge on any atom is 0.226 e. The highest BCUT2D eigenvalue weighted by atomic mass is 16.3. The van der Waals surface area contributed by atoms with Crippen molar-refractivity contribution in [1.29, 1.82) is 0 Å². The Balaban J connectivity index is 1.40. The van der Waals surface area contributed by atoms with Crippen molar-refractivity contribution in [2.75, 3.05) is 6.54 Å². The van der Waals surface area contributed by atoms with Gasteiger partial charge in [0.05, 0.1) is 11.0 Å². The van der Waals surface area contributed by atoms with E-state index in [2.05, 4.69) is 17.4 Å². The summed E-state index contributed by atoms with van der Waals surface area (Å²) in [7, 11) is 0. The van der Waals surface area contributed by atoms with Crippen molar-refractivity contribution in [1.82, 2.24) is 5.32 Å². The van der Waals surface area contributed by atoms with Crippen LogP contribution in [-0.2, 0) is 11.2 Å². The van der Waals surface area contributed by atoms with Crippen LogP contribution < -0.4 is 5.32 Å². The molecule has 0 heterocycles. The SMILES string of the molecule is O=C(NCCc1ccccc1)C12CC3CC(CC(O)(C3)C1)C2. The summed E-state index contributed by atoms with van der Waals surface area (Å²) in [6.07, 6.45) is 6.60. The predicted molar refractivity (Wildman–Crippen MR) is 85.2 cm³/mol. The number of carbonyl (C=O) groups is 1. The number of amides is 1. The van der Waals surface area contributed by atoms with Gasteiger partial charge in [-0.1, -0.05) is 30.3 Å². The normalized spacial score (nSPS) is 39.0. The predicted octanol–water partition coefficient (Wildman–Crippen LogP) is 2.68. The first-order chi connectivity index (χ1) is 10.6. The van der Waals surface area contributed by atoms with E-state index in [1.54, 1.807) is 0 Å². The molecule has 0 spiro atoms. The minimum absolute atomic E-state index is 0.191. The molecular formula is C19H25NO2. The number of nitrogens with one attached hydrogen (secondary N) is 1. The summed E-state index contributed by atoms with van der Waals surface area (Å²) >= 11 is 0. The first-order valence-electron chi connectivity index (χ1n) is 8.62. The lowest BCUT2D eigenvalue weighted by Gasteiger charge is -2.59. The highest BCUT2D eigenvalue weighted by molar-refractivity contribution is 5.83. The Morgan fingerprint density at radius 3 is 2.45 bits per heavy atom. The van der Waals surface area contributed by atoms with Crippen LogP contribution in [0, 0.1) is 17.3 Å². The van der Waals surface area contributed by atoms with Crippen LogP contribution in [0.4, 0.5) is 0 Å². The van der Waals surface area contributed by atoms with Crippen LogP contribution in [0.25, 0.3) is 0 Å². The van der Waals surface area contributed by atoms with Crippen molar-refractivity contribution in [3.8, 4) is 0 Å². The van der Waals surface area contributed by atoms with E-state index in [-0.39, 0.29) is 11.3 Å². The second kappa shape index (κ2) is 5.09. The number of benzene rings is 1. The topological polar surface area (TPSA) is 49.3 Å². The largest absolute Gasteiger partial charge is 0.390 e. The molecule has 4 aliphatic rings. The summed E-state index contributed by atoms with van der Waals surface area (Å²) in [4.78, 5) is 12.8. The average molecular weight is 299 g/mol. The van der Waals surface area contributed by atoms with Gasteiger partial charge in [-0.15, -0.1) is 0 Å². The molecule has 3 nitrogen and oxygen atoms in total. The summed E-state index contributed by atoms with van der Waals surface area (Å²) in [5.74, 6) is 1.31. The van der Waals surface area contributed by atoms with Gasteiger partial charge in [-0.25, -0.2) is 0 Å². The molecule has 22 heavy (non-hydrogen) atoms. The minimum atomic E-state index is -0.555. The van der Waals surface area contributed by atoms with Crippen LogP contribution in [0.2, 0.25) is 0 Å². The molecule has 118 valence electrons. The minimum Gasteiger partial charge on any atom is -0.390 e. The van der Waals surface area contributed by atoms with Gasteiger partial charge in [-0.2, -0.15) is 0 Å². The molecule has 5 rings (SSSR count). The van der Waals surface area contributed by atoms with Crippen LogP contribution in [0.5, 0.6) is 0 Å². The van der Waals surface area contributed by atoms with Gasteiger partial charge in [-0.05, 0) is 62.3 Å². The molecule has 0 aromatic heterocycles. The first kappa shape index (κ1) is 14.3. The maximum atomic E-state index is 12.8. The summed E-state index contributed by atoms with van der Waals surface area (Å²) in [5.41, 5.74) is 0.419. The Morgan fingerprint density at radius 1 is 1.14 bits per heavy atom. The molecule has 3 heteroatoms. The zero-order valence-corrected chi connectivity index (χ0v) is 13.1. The van der Waals surface area contributed by atoms with Gasteiger partial charge in [0.25, 0.3) is 0 Å². The fourth-order valence-electron chi connectivity index (χ4n) is 5.63. The van der Waals surface area contributed by atoms with E-state index in [0.29, 0.717) is 24.8 Å². The molecule has 4 saturated carbocycles. The lowest BCUT2D eigenvalue weighted by molar-refractivity contribution is -0.178. The van der Waals surface area contributed by atoms with Crippen molar-refractivity contribution < 1.29 is 9.90 Å². The Kier molecular flexibility index (Phi) is 3.30. The third-order valence-electron chi connectivity index (χ3n) is 6.05.